The van der Waals surface area contributed by atoms with Crippen molar-refractivity contribution in [2.75, 3.05) is 0 Å². The van der Waals surface area contributed by atoms with Gasteiger partial charge < -0.3 is 9.52 Å². The molecule has 1 aromatic heterocycles. The van der Waals surface area contributed by atoms with Gasteiger partial charge in [-0.1, -0.05) is 25.4 Å². The molecule has 0 aliphatic carbocycles. The van der Waals surface area contributed by atoms with E-state index in [1.807, 2.05) is 13.8 Å². The fraction of sp³-hybridized carbons (Fsp3) is 0.286. The lowest BCUT2D eigenvalue weighted by atomic mass is 10.1. The minimum absolute atomic E-state index is 0.0128. The number of benzene rings is 1. The van der Waals surface area contributed by atoms with E-state index in [2.05, 4.69) is 4.98 Å². The Morgan fingerprint density at radius 3 is 2.75 bits per heavy atom. The molecule has 0 fully saturated rings. The molecule has 1 N–H and O–H groups in total. The summed E-state index contributed by atoms with van der Waals surface area (Å²) in [4.78, 5) is 15.3. The second kappa shape index (κ2) is 5.63. The van der Waals surface area contributed by atoms with Crippen molar-refractivity contribution in [3.63, 3.8) is 0 Å². The normalized spacial score (nSPS) is 11.1. The number of nitrogens with zero attached hydrogens (tertiary/aromatic N) is 1. The van der Waals surface area contributed by atoms with Gasteiger partial charge in [-0.25, -0.2) is 14.2 Å². The maximum atomic E-state index is 13.4. The molecule has 1 aromatic carbocycles. The quantitative estimate of drug-likeness (QED) is 0.925. The molecule has 4 nitrogen and oxygen atoms in total. The van der Waals surface area contributed by atoms with Crippen LogP contribution in [-0.4, -0.2) is 16.1 Å². The first-order valence-corrected chi connectivity index (χ1v) is 6.44. The smallest absolute Gasteiger partial charge is 0.373 e. The van der Waals surface area contributed by atoms with Gasteiger partial charge in [-0.05, 0) is 30.5 Å². The average Bonchev–Trinajstić information content (AvgIpc) is 2.76. The molecule has 2 aromatic rings. The summed E-state index contributed by atoms with van der Waals surface area (Å²) >= 11 is 5.60. The highest BCUT2D eigenvalue weighted by atomic mass is 35.5. The Morgan fingerprint density at radius 1 is 1.50 bits per heavy atom. The number of aromatic nitrogens is 1. The zero-order valence-electron chi connectivity index (χ0n) is 11.0. The van der Waals surface area contributed by atoms with Crippen LogP contribution >= 0.6 is 11.6 Å². The first-order chi connectivity index (χ1) is 9.38. The van der Waals surface area contributed by atoms with E-state index in [9.17, 15) is 9.18 Å². The lowest BCUT2D eigenvalue weighted by Crippen LogP contribution is -2.03. The SMILES string of the molecule is CC(C)Cc1nc(-c2ccc(Cl)c(F)c2)oc1C(=O)O. The van der Waals surface area contributed by atoms with Crippen molar-refractivity contribution in [1.82, 2.24) is 4.98 Å². The van der Waals surface area contributed by atoms with Crippen LogP contribution in [0.2, 0.25) is 5.02 Å². The molecule has 0 saturated carbocycles. The average molecular weight is 298 g/mol. The molecule has 2 rings (SSSR count). The molecule has 0 bridgehead atoms. The van der Waals surface area contributed by atoms with E-state index in [1.165, 1.54) is 18.2 Å². The van der Waals surface area contributed by atoms with Gasteiger partial charge >= 0.3 is 5.97 Å². The van der Waals surface area contributed by atoms with E-state index in [0.717, 1.165) is 0 Å². The summed E-state index contributed by atoms with van der Waals surface area (Å²) in [5.41, 5.74) is 0.710. The molecule has 106 valence electrons. The predicted molar refractivity (Wildman–Crippen MR) is 72.4 cm³/mol. The van der Waals surface area contributed by atoms with Crippen LogP contribution in [-0.2, 0) is 6.42 Å². The summed E-state index contributed by atoms with van der Waals surface area (Å²) in [5.74, 6) is -1.69. The lowest BCUT2D eigenvalue weighted by Gasteiger charge is -2.00. The second-order valence-corrected chi connectivity index (χ2v) is 5.23. The van der Waals surface area contributed by atoms with E-state index in [-0.39, 0.29) is 22.6 Å². The van der Waals surface area contributed by atoms with E-state index >= 15 is 0 Å². The fourth-order valence-corrected chi connectivity index (χ4v) is 1.91. The lowest BCUT2D eigenvalue weighted by molar-refractivity contribution is 0.0661. The minimum atomic E-state index is -1.19. The van der Waals surface area contributed by atoms with Gasteiger partial charge in [-0.2, -0.15) is 0 Å². The number of carboxylic acids is 1. The third-order valence-electron chi connectivity index (χ3n) is 2.66. The molecule has 20 heavy (non-hydrogen) atoms. The van der Waals surface area contributed by atoms with Crippen molar-refractivity contribution in [1.29, 1.82) is 0 Å². The molecule has 1 heterocycles. The highest BCUT2D eigenvalue weighted by Gasteiger charge is 2.21. The number of hydrogen-bond acceptors (Lipinski definition) is 3. The third kappa shape index (κ3) is 2.99. The molecule has 0 aliphatic heterocycles. The molecule has 0 atom stereocenters. The number of rotatable bonds is 4. The van der Waals surface area contributed by atoms with E-state index in [4.69, 9.17) is 21.1 Å². The molecular weight excluding hydrogens is 285 g/mol. The molecule has 0 aliphatic rings. The molecule has 0 radical (unpaired) electrons. The van der Waals surface area contributed by atoms with Crippen LogP contribution in [0.15, 0.2) is 22.6 Å². The summed E-state index contributed by atoms with van der Waals surface area (Å²) in [7, 11) is 0. The van der Waals surface area contributed by atoms with Crippen LogP contribution in [0.1, 0.15) is 30.1 Å². The maximum absolute atomic E-state index is 13.4. The van der Waals surface area contributed by atoms with Gasteiger partial charge in [0.05, 0.1) is 10.7 Å². The van der Waals surface area contributed by atoms with Crippen molar-refractivity contribution < 1.29 is 18.7 Å². The number of oxazole rings is 1. The maximum Gasteiger partial charge on any atom is 0.373 e. The van der Waals surface area contributed by atoms with Gasteiger partial charge in [0, 0.05) is 5.56 Å². The van der Waals surface area contributed by atoms with Gasteiger partial charge in [0.1, 0.15) is 5.82 Å². The highest BCUT2D eigenvalue weighted by molar-refractivity contribution is 6.30. The summed E-state index contributed by atoms with van der Waals surface area (Å²) in [5, 5.41) is 9.10. The van der Waals surface area contributed by atoms with E-state index in [0.29, 0.717) is 17.7 Å². The van der Waals surface area contributed by atoms with Gasteiger partial charge in [-0.3, -0.25) is 0 Å². The van der Waals surface area contributed by atoms with Gasteiger partial charge in [-0.15, -0.1) is 0 Å². The standard InChI is InChI=1S/C14H13ClFNO3/c1-7(2)5-11-12(14(18)19)20-13(17-11)8-3-4-9(15)10(16)6-8/h3-4,6-7H,5H2,1-2H3,(H,18,19). The number of carboxylic acid groups (broad SMARTS) is 1. The second-order valence-electron chi connectivity index (χ2n) is 4.83. The Morgan fingerprint density at radius 2 is 2.20 bits per heavy atom. The number of aromatic carboxylic acids is 1. The first-order valence-electron chi connectivity index (χ1n) is 6.07. The van der Waals surface area contributed by atoms with Crippen LogP contribution in [0.3, 0.4) is 0 Å². The van der Waals surface area contributed by atoms with Crippen LogP contribution in [0.25, 0.3) is 11.5 Å². The van der Waals surface area contributed by atoms with Crippen LogP contribution in [0, 0.1) is 11.7 Å². The van der Waals surface area contributed by atoms with Gasteiger partial charge in [0.15, 0.2) is 0 Å². The Balaban J connectivity index is 2.46. The zero-order chi connectivity index (χ0) is 14.9. The van der Waals surface area contributed by atoms with Crippen LogP contribution in [0.4, 0.5) is 4.39 Å². The Hall–Kier alpha value is -1.88. The van der Waals surface area contributed by atoms with Crippen molar-refractivity contribution in [2.45, 2.75) is 20.3 Å². The molecule has 0 spiro atoms. The molecule has 0 saturated heterocycles. The Labute approximate surface area is 120 Å². The summed E-state index contributed by atoms with van der Waals surface area (Å²) < 4.78 is 18.7. The number of hydrogen-bond donors (Lipinski definition) is 1. The number of carbonyl (C=O) groups is 1. The highest BCUT2D eigenvalue weighted by Crippen LogP contribution is 2.26. The van der Waals surface area contributed by atoms with Crippen molar-refractivity contribution in [3.05, 3.63) is 40.5 Å². The first kappa shape index (κ1) is 14.5. The minimum Gasteiger partial charge on any atom is -0.475 e. The Bertz CT molecular complexity index is 652. The summed E-state index contributed by atoms with van der Waals surface area (Å²) in [6.45, 7) is 3.89. The molecule has 0 amide bonds. The predicted octanol–water partition coefficient (Wildman–Crippen LogP) is 4.03. The topological polar surface area (TPSA) is 63.3 Å². The van der Waals surface area contributed by atoms with Crippen LogP contribution < -0.4 is 0 Å². The number of halogens is 2. The van der Waals surface area contributed by atoms with E-state index < -0.39 is 11.8 Å². The zero-order valence-corrected chi connectivity index (χ0v) is 11.7. The molecule has 0 unspecified atom stereocenters. The summed E-state index contributed by atoms with van der Waals surface area (Å²) in [6, 6.07) is 4.07. The van der Waals surface area contributed by atoms with Gasteiger partial charge in [0.2, 0.25) is 11.7 Å². The van der Waals surface area contributed by atoms with Crippen molar-refractivity contribution >= 4 is 17.6 Å². The monoisotopic (exact) mass is 297 g/mol. The third-order valence-corrected chi connectivity index (χ3v) is 2.97. The largest absolute Gasteiger partial charge is 0.475 e. The molecular formula is C14H13ClFNO3. The fourth-order valence-electron chi connectivity index (χ4n) is 1.80. The van der Waals surface area contributed by atoms with Crippen molar-refractivity contribution in [3.8, 4) is 11.5 Å². The van der Waals surface area contributed by atoms with Gasteiger partial charge in [0.25, 0.3) is 0 Å². The van der Waals surface area contributed by atoms with Crippen LogP contribution in [0.5, 0.6) is 0 Å². The van der Waals surface area contributed by atoms with Crippen molar-refractivity contribution in [2.24, 2.45) is 5.92 Å². The summed E-state index contributed by atoms with van der Waals surface area (Å²) in [6.07, 6.45) is 0.473. The van der Waals surface area contributed by atoms with E-state index in [1.54, 1.807) is 0 Å². The Kier molecular flexibility index (Phi) is 4.09. The molecule has 6 heteroatoms.